The summed E-state index contributed by atoms with van der Waals surface area (Å²) in [5, 5.41) is 0.977. The molecular formula is C22H23F3N4O2S. The van der Waals surface area contributed by atoms with E-state index in [9.17, 15) is 21.6 Å². The van der Waals surface area contributed by atoms with Gasteiger partial charge in [-0.25, -0.2) is 18.4 Å². The maximum absolute atomic E-state index is 12.7. The fourth-order valence-electron chi connectivity index (χ4n) is 5.40. The Morgan fingerprint density at radius 1 is 1.09 bits per heavy atom. The Bertz CT molecular complexity index is 1240. The molecule has 5 rings (SSSR count). The fraction of sp³-hybridized carbons (Fsp3) is 0.455. The number of anilines is 1. The summed E-state index contributed by atoms with van der Waals surface area (Å²) in [5.41, 5.74) is 0.126. The van der Waals surface area contributed by atoms with Crippen molar-refractivity contribution in [3.8, 4) is 0 Å². The molecule has 0 amide bonds. The van der Waals surface area contributed by atoms with Gasteiger partial charge in [0.05, 0.1) is 21.6 Å². The number of aromatic nitrogens is 3. The highest BCUT2D eigenvalue weighted by Crippen LogP contribution is 2.60. The van der Waals surface area contributed by atoms with Gasteiger partial charge in [-0.15, -0.1) is 0 Å². The number of rotatable bonds is 5. The normalized spacial score (nSPS) is 25.5. The van der Waals surface area contributed by atoms with Crippen LogP contribution in [0, 0.1) is 11.3 Å². The Morgan fingerprint density at radius 2 is 1.78 bits per heavy atom. The number of fused-ring (bicyclic) bond motifs is 1. The number of H-pyrrole nitrogens is 1. The van der Waals surface area contributed by atoms with Crippen molar-refractivity contribution in [2.24, 2.45) is 11.3 Å². The molecule has 2 aliphatic rings. The zero-order valence-electron chi connectivity index (χ0n) is 17.4. The van der Waals surface area contributed by atoms with Gasteiger partial charge in [0.25, 0.3) is 0 Å². The predicted octanol–water partition coefficient (Wildman–Crippen LogP) is 4.45. The van der Waals surface area contributed by atoms with Gasteiger partial charge in [-0.1, -0.05) is 0 Å². The molecule has 0 radical (unpaired) electrons. The van der Waals surface area contributed by atoms with Crippen molar-refractivity contribution in [2.45, 2.75) is 42.8 Å². The topological polar surface area (TPSA) is 79.0 Å². The number of hydrogen-bond donors (Lipinski definition) is 1. The van der Waals surface area contributed by atoms with Gasteiger partial charge < -0.3 is 9.88 Å². The quantitative estimate of drug-likeness (QED) is 0.604. The van der Waals surface area contributed by atoms with Crippen LogP contribution in [-0.2, 0) is 16.0 Å². The van der Waals surface area contributed by atoms with Crippen molar-refractivity contribution >= 4 is 26.7 Å². The molecular weight excluding hydrogens is 441 g/mol. The number of benzene rings is 1. The van der Waals surface area contributed by atoms with Crippen LogP contribution in [0.3, 0.4) is 0 Å². The minimum Gasteiger partial charge on any atom is -0.356 e. The van der Waals surface area contributed by atoms with Crippen molar-refractivity contribution < 1.29 is 21.6 Å². The number of nitrogens with one attached hydrogen (secondary N) is 1. The van der Waals surface area contributed by atoms with Crippen LogP contribution in [0.5, 0.6) is 0 Å². The lowest BCUT2D eigenvalue weighted by atomic mass is 9.50. The summed E-state index contributed by atoms with van der Waals surface area (Å²) in [6, 6.07) is 6.08. The van der Waals surface area contributed by atoms with E-state index in [1.165, 1.54) is 0 Å². The Morgan fingerprint density at radius 3 is 2.44 bits per heavy atom. The minimum atomic E-state index is -4.48. The second-order valence-electron chi connectivity index (χ2n) is 9.19. The molecule has 0 aliphatic heterocycles. The summed E-state index contributed by atoms with van der Waals surface area (Å²) < 4.78 is 63.5. The number of alkyl halides is 3. The molecule has 2 heterocycles. The third kappa shape index (κ3) is 3.64. The number of hydrogen-bond acceptors (Lipinski definition) is 5. The highest BCUT2D eigenvalue weighted by atomic mass is 32.2. The Kier molecular flexibility index (Phi) is 4.77. The Hall–Kier alpha value is -2.62. The molecule has 0 atom stereocenters. The molecule has 0 saturated heterocycles. The first-order valence-corrected chi connectivity index (χ1v) is 12.1. The highest BCUT2D eigenvalue weighted by Gasteiger charge is 2.54. The van der Waals surface area contributed by atoms with E-state index in [1.54, 1.807) is 6.33 Å². The molecule has 0 unspecified atom stereocenters. The van der Waals surface area contributed by atoms with Crippen LogP contribution >= 0.6 is 0 Å². The first-order chi connectivity index (χ1) is 15.1. The van der Waals surface area contributed by atoms with Gasteiger partial charge in [0.1, 0.15) is 17.8 Å². The summed E-state index contributed by atoms with van der Waals surface area (Å²) in [7, 11) is -1.58. The molecule has 3 aromatic rings. The summed E-state index contributed by atoms with van der Waals surface area (Å²) in [5.74, 6) is 0.914. The van der Waals surface area contributed by atoms with Crippen molar-refractivity contribution in [2.75, 3.05) is 17.7 Å². The largest absolute Gasteiger partial charge is 0.416 e. The molecule has 0 bridgehead atoms. The van der Waals surface area contributed by atoms with Crippen LogP contribution in [0.25, 0.3) is 11.0 Å². The number of sulfone groups is 1. The van der Waals surface area contributed by atoms with E-state index in [1.807, 2.05) is 19.3 Å². The average Bonchev–Trinajstić information content (AvgIpc) is 3.16. The minimum absolute atomic E-state index is 0.0174. The van der Waals surface area contributed by atoms with Crippen LogP contribution in [0.15, 0.2) is 47.8 Å². The van der Waals surface area contributed by atoms with Crippen LogP contribution in [0.4, 0.5) is 19.0 Å². The number of aromatic amines is 1. The number of halogens is 3. The van der Waals surface area contributed by atoms with Crippen LogP contribution in [0.2, 0.25) is 0 Å². The van der Waals surface area contributed by atoms with E-state index < -0.39 is 21.6 Å². The molecule has 2 saturated carbocycles. The molecule has 1 N–H and O–H groups in total. The van der Waals surface area contributed by atoms with Crippen molar-refractivity contribution in [1.82, 2.24) is 15.0 Å². The van der Waals surface area contributed by atoms with Gasteiger partial charge in [-0.3, -0.25) is 0 Å². The van der Waals surface area contributed by atoms with Crippen LogP contribution < -0.4 is 4.90 Å². The second-order valence-corrected chi connectivity index (χ2v) is 11.2. The molecule has 6 nitrogen and oxygen atoms in total. The number of nitrogens with zero attached hydrogens (tertiary/aromatic N) is 3. The SMILES string of the molecule is CN(c1ncnc2[nH]ccc12)C1CC2(CC(CS(=O)(=O)c3ccc(C(F)(F)F)cc3)C2)C1. The van der Waals surface area contributed by atoms with E-state index in [0.29, 0.717) is 6.04 Å². The van der Waals surface area contributed by atoms with E-state index in [-0.39, 0.29) is 22.0 Å². The lowest BCUT2D eigenvalue weighted by molar-refractivity contribution is -0.137. The smallest absolute Gasteiger partial charge is 0.356 e. The lowest BCUT2D eigenvalue weighted by Crippen LogP contribution is -2.56. The third-order valence-corrected chi connectivity index (χ3v) is 8.89. The van der Waals surface area contributed by atoms with Crippen LogP contribution in [-0.4, -0.2) is 42.2 Å². The third-order valence-electron chi connectivity index (χ3n) is 6.99. The van der Waals surface area contributed by atoms with Gasteiger partial charge in [0.2, 0.25) is 0 Å². The highest BCUT2D eigenvalue weighted by molar-refractivity contribution is 7.91. The van der Waals surface area contributed by atoms with Crippen molar-refractivity contribution in [3.63, 3.8) is 0 Å². The zero-order valence-corrected chi connectivity index (χ0v) is 18.2. The molecule has 1 aromatic carbocycles. The fourth-order valence-corrected chi connectivity index (χ4v) is 7.00. The molecule has 170 valence electrons. The van der Waals surface area contributed by atoms with Gasteiger partial charge in [0.15, 0.2) is 9.84 Å². The van der Waals surface area contributed by atoms with Crippen molar-refractivity contribution in [3.05, 3.63) is 48.4 Å². The van der Waals surface area contributed by atoms with E-state index in [4.69, 9.17) is 0 Å². The van der Waals surface area contributed by atoms with Gasteiger partial charge in [-0.2, -0.15) is 13.2 Å². The molecule has 32 heavy (non-hydrogen) atoms. The lowest BCUT2D eigenvalue weighted by Gasteiger charge is -2.59. The van der Waals surface area contributed by atoms with E-state index in [0.717, 1.165) is 66.8 Å². The molecule has 1 spiro atoms. The first kappa shape index (κ1) is 21.2. The Labute approximate surface area is 183 Å². The van der Waals surface area contributed by atoms with E-state index >= 15 is 0 Å². The van der Waals surface area contributed by atoms with Crippen molar-refractivity contribution in [1.29, 1.82) is 0 Å². The van der Waals surface area contributed by atoms with Gasteiger partial charge >= 0.3 is 6.18 Å². The maximum Gasteiger partial charge on any atom is 0.416 e. The molecule has 2 aromatic heterocycles. The zero-order chi connectivity index (χ0) is 22.7. The summed E-state index contributed by atoms with van der Waals surface area (Å²) in [6.45, 7) is 0. The second kappa shape index (κ2) is 7.19. The van der Waals surface area contributed by atoms with Gasteiger partial charge in [0, 0.05) is 19.3 Å². The van der Waals surface area contributed by atoms with Gasteiger partial charge in [-0.05, 0) is 67.3 Å². The first-order valence-electron chi connectivity index (χ1n) is 10.5. The summed E-state index contributed by atoms with van der Waals surface area (Å²) in [6.07, 6.45) is 2.54. The maximum atomic E-state index is 12.7. The molecule has 10 heteroatoms. The van der Waals surface area contributed by atoms with Crippen LogP contribution in [0.1, 0.15) is 31.2 Å². The molecule has 2 aliphatic carbocycles. The Balaban J connectivity index is 1.18. The van der Waals surface area contributed by atoms with E-state index in [2.05, 4.69) is 19.9 Å². The average molecular weight is 465 g/mol. The summed E-state index contributed by atoms with van der Waals surface area (Å²) >= 11 is 0. The summed E-state index contributed by atoms with van der Waals surface area (Å²) in [4.78, 5) is 13.9. The predicted molar refractivity (Wildman–Crippen MR) is 114 cm³/mol. The molecule has 2 fully saturated rings. The monoisotopic (exact) mass is 464 g/mol. The standard InChI is InChI=1S/C22H23F3N4O2S/c1-29(20-18-6-7-26-19(18)27-13-28-20)16-10-21(11-16)8-14(9-21)12-32(30,31)17-4-2-15(3-5-17)22(23,24)25/h2-7,13-14,16H,8-12H2,1H3,(H,26,27,28).